The lowest BCUT2D eigenvalue weighted by Gasteiger charge is -2.12. The molecule has 0 bridgehead atoms. The van der Waals surface area contributed by atoms with E-state index >= 15 is 0 Å². The maximum absolute atomic E-state index is 10.9. The molecule has 0 fully saturated rings. The van der Waals surface area contributed by atoms with Crippen molar-refractivity contribution in [3.05, 3.63) is 52.2 Å². The quantitative estimate of drug-likeness (QED) is 0.875. The van der Waals surface area contributed by atoms with Crippen molar-refractivity contribution in [2.45, 2.75) is 26.4 Å². The molecular formula is C15H18N2OS. The van der Waals surface area contributed by atoms with Crippen molar-refractivity contribution in [3.63, 3.8) is 0 Å². The predicted octanol–water partition coefficient (Wildman–Crippen LogP) is 3.56. The van der Waals surface area contributed by atoms with E-state index in [2.05, 4.69) is 34.4 Å². The van der Waals surface area contributed by atoms with Gasteiger partial charge < -0.3 is 10.6 Å². The Bertz CT molecular complexity index is 520. The number of carbonyl (C=O) groups excluding carboxylic acids is 1. The topological polar surface area (TPSA) is 41.1 Å². The number of benzene rings is 1. The average Bonchev–Trinajstić information content (AvgIpc) is 2.91. The van der Waals surface area contributed by atoms with E-state index < -0.39 is 0 Å². The van der Waals surface area contributed by atoms with Gasteiger partial charge in [-0.05, 0) is 47.0 Å². The highest BCUT2D eigenvalue weighted by molar-refractivity contribution is 7.07. The maximum atomic E-state index is 10.9. The summed E-state index contributed by atoms with van der Waals surface area (Å²) in [5, 5.41) is 10.5. The van der Waals surface area contributed by atoms with Gasteiger partial charge >= 0.3 is 0 Å². The number of amides is 1. The second-order valence-electron chi connectivity index (χ2n) is 4.54. The number of hydrogen-bond acceptors (Lipinski definition) is 3. The minimum absolute atomic E-state index is 0.0445. The van der Waals surface area contributed by atoms with E-state index in [1.807, 2.05) is 24.3 Å². The van der Waals surface area contributed by atoms with Gasteiger partial charge in [0, 0.05) is 25.2 Å². The van der Waals surface area contributed by atoms with Gasteiger partial charge in [0.25, 0.3) is 0 Å². The number of rotatable bonds is 5. The highest BCUT2D eigenvalue weighted by atomic mass is 32.1. The molecule has 0 spiro atoms. The predicted molar refractivity (Wildman–Crippen MR) is 80.3 cm³/mol. The van der Waals surface area contributed by atoms with Crippen LogP contribution in [0.1, 0.15) is 31.0 Å². The maximum Gasteiger partial charge on any atom is 0.221 e. The van der Waals surface area contributed by atoms with Crippen molar-refractivity contribution in [1.29, 1.82) is 0 Å². The van der Waals surface area contributed by atoms with Crippen molar-refractivity contribution in [2.24, 2.45) is 0 Å². The first-order valence-electron chi connectivity index (χ1n) is 6.27. The average molecular weight is 274 g/mol. The van der Waals surface area contributed by atoms with E-state index in [9.17, 15) is 4.79 Å². The van der Waals surface area contributed by atoms with Gasteiger partial charge in [-0.15, -0.1) is 0 Å². The van der Waals surface area contributed by atoms with Crippen LogP contribution in [0.3, 0.4) is 0 Å². The highest BCUT2D eigenvalue weighted by Gasteiger charge is 2.04. The molecule has 0 saturated heterocycles. The minimum Gasteiger partial charge on any atom is -0.326 e. The Balaban J connectivity index is 1.88. The van der Waals surface area contributed by atoms with Gasteiger partial charge in [-0.3, -0.25) is 4.79 Å². The fourth-order valence-electron chi connectivity index (χ4n) is 1.82. The molecule has 4 heteroatoms. The molecule has 2 rings (SSSR count). The lowest BCUT2D eigenvalue weighted by Crippen LogP contribution is -2.17. The minimum atomic E-state index is -0.0445. The van der Waals surface area contributed by atoms with Gasteiger partial charge in [0.1, 0.15) is 0 Å². The molecule has 2 aromatic rings. The Morgan fingerprint density at radius 1 is 1.26 bits per heavy atom. The molecule has 1 amide bonds. The summed E-state index contributed by atoms with van der Waals surface area (Å²) in [6, 6.07) is 10.4. The van der Waals surface area contributed by atoms with Crippen molar-refractivity contribution in [1.82, 2.24) is 5.32 Å². The van der Waals surface area contributed by atoms with Crippen LogP contribution < -0.4 is 10.6 Å². The first kappa shape index (κ1) is 13.8. The van der Waals surface area contributed by atoms with Gasteiger partial charge in [0.2, 0.25) is 5.91 Å². The van der Waals surface area contributed by atoms with Crippen LogP contribution in [0, 0.1) is 0 Å². The fraction of sp³-hybridized carbons (Fsp3) is 0.267. The molecule has 19 heavy (non-hydrogen) atoms. The highest BCUT2D eigenvalue weighted by Crippen LogP contribution is 2.16. The number of thiophene rings is 1. The van der Waals surface area contributed by atoms with E-state index in [1.165, 1.54) is 18.1 Å². The van der Waals surface area contributed by atoms with E-state index in [4.69, 9.17) is 0 Å². The number of anilines is 1. The monoisotopic (exact) mass is 274 g/mol. The normalized spacial score (nSPS) is 12.1. The van der Waals surface area contributed by atoms with Crippen LogP contribution in [-0.4, -0.2) is 5.91 Å². The van der Waals surface area contributed by atoms with Gasteiger partial charge in [-0.25, -0.2) is 0 Å². The van der Waals surface area contributed by atoms with Crippen LogP contribution in [0.4, 0.5) is 5.69 Å². The first-order valence-corrected chi connectivity index (χ1v) is 7.21. The second kappa shape index (κ2) is 6.50. The molecule has 1 unspecified atom stereocenters. The molecule has 1 aromatic heterocycles. The van der Waals surface area contributed by atoms with Crippen LogP contribution >= 0.6 is 11.3 Å². The summed E-state index contributed by atoms with van der Waals surface area (Å²) >= 11 is 1.72. The number of nitrogens with one attached hydrogen (secondary N) is 2. The van der Waals surface area contributed by atoms with Crippen molar-refractivity contribution < 1.29 is 4.79 Å². The summed E-state index contributed by atoms with van der Waals surface area (Å²) in [4.78, 5) is 10.9. The largest absolute Gasteiger partial charge is 0.326 e. The molecular weight excluding hydrogens is 256 g/mol. The summed E-state index contributed by atoms with van der Waals surface area (Å²) in [5.74, 6) is -0.0445. The number of carbonyl (C=O) groups is 1. The van der Waals surface area contributed by atoms with E-state index in [0.29, 0.717) is 6.04 Å². The van der Waals surface area contributed by atoms with Crippen molar-refractivity contribution >= 4 is 22.9 Å². The molecule has 1 aromatic carbocycles. The Labute approximate surface area is 117 Å². The smallest absolute Gasteiger partial charge is 0.221 e. The van der Waals surface area contributed by atoms with E-state index in [1.54, 1.807) is 11.3 Å². The molecule has 100 valence electrons. The van der Waals surface area contributed by atoms with Gasteiger partial charge in [-0.1, -0.05) is 12.1 Å². The SMILES string of the molecule is CC(=O)Nc1ccc(CNC(C)c2ccsc2)cc1. The van der Waals surface area contributed by atoms with Crippen LogP contribution in [0.25, 0.3) is 0 Å². The summed E-state index contributed by atoms with van der Waals surface area (Å²) in [6.45, 7) is 4.49. The zero-order chi connectivity index (χ0) is 13.7. The van der Waals surface area contributed by atoms with E-state index in [0.717, 1.165) is 12.2 Å². The summed E-state index contributed by atoms with van der Waals surface area (Å²) in [7, 11) is 0. The number of hydrogen-bond donors (Lipinski definition) is 2. The van der Waals surface area contributed by atoms with Crippen LogP contribution in [0.15, 0.2) is 41.1 Å². The van der Waals surface area contributed by atoms with Gasteiger partial charge in [0.15, 0.2) is 0 Å². The summed E-state index contributed by atoms with van der Waals surface area (Å²) < 4.78 is 0. The molecule has 0 aliphatic rings. The van der Waals surface area contributed by atoms with Crippen molar-refractivity contribution in [3.8, 4) is 0 Å². The Morgan fingerprint density at radius 2 is 2.00 bits per heavy atom. The molecule has 0 saturated carbocycles. The summed E-state index contributed by atoms with van der Waals surface area (Å²) in [5.41, 5.74) is 3.36. The molecule has 0 aliphatic carbocycles. The summed E-state index contributed by atoms with van der Waals surface area (Å²) in [6.07, 6.45) is 0. The van der Waals surface area contributed by atoms with E-state index in [-0.39, 0.29) is 5.91 Å². The molecule has 1 heterocycles. The molecule has 1 atom stereocenters. The van der Waals surface area contributed by atoms with Gasteiger partial charge in [0.05, 0.1) is 0 Å². The lowest BCUT2D eigenvalue weighted by atomic mass is 10.1. The first-order chi connectivity index (χ1) is 9.15. The van der Waals surface area contributed by atoms with Crippen LogP contribution in [-0.2, 0) is 11.3 Å². The van der Waals surface area contributed by atoms with Crippen LogP contribution in [0.2, 0.25) is 0 Å². The molecule has 2 N–H and O–H groups in total. The van der Waals surface area contributed by atoms with Crippen molar-refractivity contribution in [2.75, 3.05) is 5.32 Å². The Kier molecular flexibility index (Phi) is 4.71. The Morgan fingerprint density at radius 3 is 2.58 bits per heavy atom. The molecule has 0 radical (unpaired) electrons. The van der Waals surface area contributed by atoms with Crippen LogP contribution in [0.5, 0.6) is 0 Å². The molecule has 0 aliphatic heterocycles. The third kappa shape index (κ3) is 4.19. The fourth-order valence-corrected chi connectivity index (χ4v) is 2.57. The lowest BCUT2D eigenvalue weighted by molar-refractivity contribution is -0.114. The zero-order valence-corrected chi connectivity index (χ0v) is 12.0. The third-order valence-corrected chi connectivity index (χ3v) is 3.63. The molecule has 3 nitrogen and oxygen atoms in total. The zero-order valence-electron chi connectivity index (χ0n) is 11.1. The van der Waals surface area contributed by atoms with Gasteiger partial charge in [-0.2, -0.15) is 11.3 Å². The third-order valence-electron chi connectivity index (χ3n) is 2.93. The standard InChI is InChI=1S/C15H18N2OS/c1-11(14-7-8-19-10-14)16-9-13-3-5-15(6-4-13)17-12(2)18/h3-8,10-11,16H,9H2,1-2H3,(H,17,18). The Hall–Kier alpha value is -1.65. The second-order valence-corrected chi connectivity index (χ2v) is 5.32.